The van der Waals surface area contributed by atoms with E-state index in [-0.39, 0.29) is 133 Å². The van der Waals surface area contributed by atoms with Crippen molar-refractivity contribution >= 4 is 117 Å². The molecule has 1 aliphatic rings. The van der Waals surface area contributed by atoms with Gasteiger partial charge in [-0.15, -0.1) is 0 Å². The van der Waals surface area contributed by atoms with Gasteiger partial charge in [-0.25, -0.2) is 0 Å². The van der Waals surface area contributed by atoms with Gasteiger partial charge < -0.3 is 128 Å². The molecule has 42 nitrogen and oxygen atoms in total. The number of fused-ring (bicyclic) bond motifs is 1. The van der Waals surface area contributed by atoms with Crippen LogP contribution in [0.2, 0.25) is 0 Å². The summed E-state index contributed by atoms with van der Waals surface area (Å²) in [6.45, 7) is 5.01. The number of benzene rings is 2. The lowest BCUT2D eigenvalue weighted by Crippen LogP contribution is -2.61. The Hall–Kier alpha value is -11.9. The summed E-state index contributed by atoms with van der Waals surface area (Å²) in [7, 11) is 0. The zero-order valence-electron chi connectivity index (χ0n) is 74.9. The lowest BCUT2D eigenvalue weighted by molar-refractivity contribution is -0.142. The first-order valence-electron chi connectivity index (χ1n) is 44.8. The Morgan fingerprint density at radius 3 is 1.48 bits per heavy atom. The van der Waals surface area contributed by atoms with Gasteiger partial charge >= 0.3 is 5.97 Å². The van der Waals surface area contributed by atoms with Crippen LogP contribution in [-0.2, 0) is 94.3 Å². The van der Waals surface area contributed by atoms with Crippen LogP contribution in [0, 0.1) is 5.92 Å². The number of hydrogen-bond acceptors (Lipinski definition) is 22. The quantitative estimate of drug-likeness (QED) is 0.0158. The van der Waals surface area contributed by atoms with Crippen LogP contribution in [-0.4, -0.2) is 268 Å². The summed E-state index contributed by atoms with van der Waals surface area (Å²) in [5, 5.41) is 77.3. The Morgan fingerprint density at radius 2 is 0.938 bits per heavy atom. The Balaban J connectivity index is 1.55. The molecule has 12 atom stereocenters. The number of nitrogens with two attached hydrogens (primary N) is 4. The molecule has 2 heterocycles. The maximum atomic E-state index is 15.0. The fourth-order valence-electron chi connectivity index (χ4n) is 14.4. The Kier molecular flexibility index (Phi) is 51.5. The third-order valence-corrected chi connectivity index (χ3v) is 21.7. The first-order valence-corrected chi connectivity index (χ1v) is 44.8. The maximum absolute atomic E-state index is 15.0. The average Bonchev–Trinajstić information content (AvgIpc) is 1.69. The Morgan fingerprint density at radius 1 is 0.465 bits per heavy atom. The zero-order valence-corrected chi connectivity index (χ0v) is 74.9. The number of nitrogens with zero attached hydrogens (tertiary/aromatic N) is 2. The molecule has 0 aliphatic carbocycles. The molecule has 27 N–H and O–H groups in total. The van der Waals surface area contributed by atoms with Gasteiger partial charge in [0, 0.05) is 82.3 Å². The first-order chi connectivity index (χ1) is 61.7. The molecule has 129 heavy (non-hydrogen) atoms. The van der Waals surface area contributed by atoms with Gasteiger partial charge in [0.15, 0.2) is 5.96 Å². The van der Waals surface area contributed by atoms with Crippen molar-refractivity contribution in [3.63, 3.8) is 0 Å². The number of carboxylic acid groups (broad SMARTS) is 1. The number of hydrogen-bond donors (Lipinski definition) is 23. The number of carbonyl (C=O) groups is 17. The minimum absolute atomic E-state index is 0.00855. The number of aromatic nitrogens is 1. The Labute approximate surface area is 752 Å². The number of carboxylic acids is 1. The number of aliphatic carboxylic acids is 1. The summed E-state index contributed by atoms with van der Waals surface area (Å²) in [4.78, 5) is 241. The maximum Gasteiger partial charge on any atom is 0.303 e. The van der Waals surface area contributed by atoms with E-state index in [9.17, 15) is 102 Å². The summed E-state index contributed by atoms with van der Waals surface area (Å²) in [6, 6.07) is -3.12. The summed E-state index contributed by atoms with van der Waals surface area (Å²) >= 11 is 0. The van der Waals surface area contributed by atoms with Gasteiger partial charge in [-0.3, -0.25) is 86.5 Å². The van der Waals surface area contributed by atoms with Crippen LogP contribution in [0.1, 0.15) is 213 Å². The SMILES string of the molecule is CCCCCCCCCCCC(=O)NCCC(=O)NCCCC[C@H](NC(=O)[C@H](CO)NC(C)=O)C(=O)N[C@@H](CO)C(=O)N[C@@H](CCCC)C(=O)N[C@@H](CCC(=O)O)C(=O)N[C@@H](CO)C(=O)N[C@H](Cc1ccccc1)C(=O)N[C@@H](CCCN=C(N)N)C(=O)N[C@@H](Cc1c[nH]c2ccccc12)C(=O)NCC(=O)N[C@@H](CCCCN)C(=O)N1CCC[C@H]1C(=O)N[C@H](C(N)=O)C(C)C. The fourth-order valence-corrected chi connectivity index (χ4v) is 14.4. The van der Waals surface area contributed by atoms with E-state index >= 15 is 0 Å². The number of rotatable bonds is 65. The number of unbranched alkanes of at least 4 members (excludes halogenated alkanes) is 11. The van der Waals surface area contributed by atoms with Crippen molar-refractivity contribution in [1.82, 2.24) is 84.3 Å². The molecular formula is C87H139N21O21. The van der Waals surface area contributed by atoms with Crippen molar-refractivity contribution in [2.24, 2.45) is 33.8 Å². The fraction of sp³-hybridized carbons (Fsp3) is 0.632. The highest BCUT2D eigenvalue weighted by Crippen LogP contribution is 2.23. The van der Waals surface area contributed by atoms with Gasteiger partial charge in [0.25, 0.3) is 0 Å². The molecule has 718 valence electrons. The number of primary amides is 1. The second kappa shape index (κ2) is 60.7. The molecule has 0 unspecified atom stereocenters. The van der Waals surface area contributed by atoms with Gasteiger partial charge in [-0.05, 0) is 113 Å². The van der Waals surface area contributed by atoms with Crippen molar-refractivity contribution in [3.05, 3.63) is 71.9 Å². The van der Waals surface area contributed by atoms with Crippen molar-refractivity contribution in [2.45, 2.75) is 287 Å². The second-order valence-electron chi connectivity index (χ2n) is 32.5. The van der Waals surface area contributed by atoms with Crippen LogP contribution < -0.4 is 97.4 Å². The van der Waals surface area contributed by atoms with Crippen LogP contribution >= 0.6 is 0 Å². The van der Waals surface area contributed by atoms with Gasteiger partial charge in [0.2, 0.25) is 94.5 Å². The smallest absolute Gasteiger partial charge is 0.303 e. The van der Waals surface area contributed by atoms with E-state index < -0.39 is 200 Å². The van der Waals surface area contributed by atoms with E-state index in [2.05, 4.69) is 91.3 Å². The third kappa shape index (κ3) is 41.4. The van der Waals surface area contributed by atoms with Gasteiger partial charge in [0.05, 0.1) is 26.4 Å². The summed E-state index contributed by atoms with van der Waals surface area (Å²) < 4.78 is 0. The predicted molar refractivity (Wildman–Crippen MR) is 478 cm³/mol. The number of para-hydroxylation sites is 1. The lowest BCUT2D eigenvalue weighted by Gasteiger charge is -2.30. The monoisotopic (exact) mass is 1810 g/mol. The Bertz CT molecular complexity index is 4150. The number of guanidine groups is 1. The number of H-pyrrole nitrogens is 1. The molecular weight excluding hydrogens is 1680 g/mol. The van der Waals surface area contributed by atoms with E-state index in [1.807, 2.05) is 0 Å². The summed E-state index contributed by atoms with van der Waals surface area (Å²) in [5.41, 5.74) is 24.3. The summed E-state index contributed by atoms with van der Waals surface area (Å²) in [5.74, 6) is -15.8. The molecule has 3 aromatic rings. The lowest BCUT2D eigenvalue weighted by atomic mass is 10.0. The predicted octanol–water partition coefficient (Wildman–Crippen LogP) is -2.52. The minimum atomic E-state index is -1.97. The largest absolute Gasteiger partial charge is 0.481 e. The average molecular weight is 1820 g/mol. The third-order valence-electron chi connectivity index (χ3n) is 21.7. The molecule has 4 rings (SSSR count). The van der Waals surface area contributed by atoms with Crippen molar-refractivity contribution in [3.8, 4) is 0 Å². The van der Waals surface area contributed by atoms with E-state index in [0.717, 1.165) is 32.6 Å². The van der Waals surface area contributed by atoms with Crippen LogP contribution in [0.25, 0.3) is 10.9 Å². The molecule has 2 aromatic carbocycles. The zero-order chi connectivity index (χ0) is 95.3. The number of carbonyl (C=O) groups excluding carboxylic acids is 16. The number of aromatic amines is 1. The molecule has 0 radical (unpaired) electrons. The van der Waals surface area contributed by atoms with Crippen LogP contribution in [0.3, 0.4) is 0 Å². The number of nitrogens with one attached hydrogen (secondary N) is 15. The van der Waals surface area contributed by atoms with Crippen LogP contribution in [0.4, 0.5) is 0 Å². The number of aliphatic imine (C=N–C) groups is 1. The molecule has 1 saturated heterocycles. The normalized spacial score (nSPS) is 14.9. The van der Waals surface area contributed by atoms with Crippen LogP contribution in [0.15, 0.2) is 65.8 Å². The molecule has 42 heteroatoms. The van der Waals surface area contributed by atoms with Crippen molar-refractivity contribution in [1.29, 1.82) is 0 Å². The summed E-state index contributed by atoms with van der Waals surface area (Å²) in [6.07, 6.45) is 11.9. The standard InChI is InChI=1S/C87H139N21O21/c1-6-8-10-11-12-13-14-15-19-37-70(113)93-44-40-71(114)92-42-25-23-33-60(101-82(125)66(50-109)97-54(5)112)79(122)105-67(51-110)83(126)100-59(31-9-7-2)77(120)102-62(38-39-73(116)117)80(123)106-68(52-111)84(127)103-64(46-55-28-17-16-18-29-55)81(124)99-61(35-26-43-94-87(90)91)78(121)104-65(47-56-48-95-58-32-21-20-30-57(56)58)76(119)96-49-72(115)98-63(34-22-24-41-88)86(129)108-45-27-36-69(108)85(128)107-74(53(3)4)75(89)118/h16-18,20-21,28-30,32,48,53,59-69,74,95,109-111H,6-15,19,22-27,31,33-47,49-52,88H2,1-5H3,(H2,89,118)(H,92,114)(H,93,113)(H,96,119)(H,97,112)(H,98,115)(H,99,124)(H,100,126)(H,101,125)(H,102,120)(H,103,127)(H,104,121)(H,105,122)(H,106,123)(H,107,128)(H,116,117)(H4,90,91,94)/t59-,60-,61-,62-,63-,64+,65-,66-,67-,68-,69-,74-/m0/s1. The topological polar surface area (TPSA) is 675 Å². The molecule has 1 aromatic heterocycles. The molecule has 1 aliphatic heterocycles. The van der Waals surface area contributed by atoms with Crippen molar-refractivity contribution in [2.75, 3.05) is 59.1 Å². The number of likely N-dealkylation sites (tertiary alicyclic amines) is 1. The van der Waals surface area contributed by atoms with Gasteiger partial charge in [0.1, 0.15) is 72.5 Å². The van der Waals surface area contributed by atoms with E-state index in [0.29, 0.717) is 54.1 Å². The second-order valence-corrected chi connectivity index (χ2v) is 32.5. The highest BCUT2D eigenvalue weighted by molar-refractivity contribution is 6.00. The van der Waals surface area contributed by atoms with Crippen molar-refractivity contribution < 1.29 is 102 Å². The minimum Gasteiger partial charge on any atom is -0.481 e. The van der Waals surface area contributed by atoms with Gasteiger partial charge in [-0.2, -0.15) is 0 Å². The molecule has 0 spiro atoms. The molecule has 16 amide bonds. The molecule has 0 saturated carbocycles. The first kappa shape index (κ1) is 109. The van der Waals surface area contributed by atoms with E-state index in [1.165, 1.54) is 37.0 Å². The van der Waals surface area contributed by atoms with Gasteiger partial charge in [-0.1, -0.05) is 140 Å². The number of aliphatic hydroxyl groups excluding tert-OH is 3. The molecule has 1 fully saturated rings. The number of aliphatic hydroxyl groups is 3. The molecule has 0 bridgehead atoms. The van der Waals surface area contributed by atoms with E-state index in [4.69, 9.17) is 22.9 Å². The van der Waals surface area contributed by atoms with E-state index in [1.54, 1.807) is 81.6 Å². The highest BCUT2D eigenvalue weighted by atomic mass is 16.4. The highest BCUT2D eigenvalue weighted by Gasteiger charge is 2.41. The number of amides is 16. The van der Waals surface area contributed by atoms with Crippen LogP contribution in [0.5, 0.6) is 0 Å².